The molecule has 0 aromatic heterocycles. The molecule has 156 valence electrons. The summed E-state index contributed by atoms with van der Waals surface area (Å²) in [4.78, 5) is 19.1. The number of nitriles is 1. The maximum Gasteiger partial charge on any atom is 0.328 e. The Morgan fingerprint density at radius 1 is 1.00 bits per heavy atom. The van der Waals surface area contributed by atoms with Crippen molar-refractivity contribution < 1.29 is 19.8 Å². The maximum absolute atomic E-state index is 10.1. The molecule has 1 atom stereocenters. The van der Waals surface area contributed by atoms with E-state index in [9.17, 15) is 14.9 Å². The predicted octanol–water partition coefficient (Wildman–Crippen LogP) is 3.60. The van der Waals surface area contributed by atoms with E-state index in [2.05, 4.69) is 35.7 Å². The van der Waals surface area contributed by atoms with Crippen molar-refractivity contribution in [3.05, 3.63) is 83.9 Å². The number of aliphatic carboxylic acids is 2. The molecular weight excluding hydrogens is 380 g/mol. The zero-order valence-electron chi connectivity index (χ0n) is 16.7. The number of rotatable bonds is 6. The minimum atomic E-state index is -1.26. The Kier molecular flexibility index (Phi) is 8.79. The van der Waals surface area contributed by atoms with Crippen LogP contribution in [0.3, 0.4) is 0 Å². The van der Waals surface area contributed by atoms with E-state index in [-0.39, 0.29) is 0 Å². The molecule has 2 aromatic carbocycles. The van der Waals surface area contributed by atoms with Gasteiger partial charge in [-0.2, -0.15) is 5.26 Å². The lowest BCUT2D eigenvalue weighted by Gasteiger charge is -2.34. The van der Waals surface area contributed by atoms with Crippen LogP contribution in [0.2, 0.25) is 0 Å². The van der Waals surface area contributed by atoms with Crippen LogP contribution < -0.4 is 5.32 Å². The Bertz CT molecular complexity index is 827. The first kappa shape index (κ1) is 22.9. The lowest BCUT2D eigenvalue weighted by Crippen LogP contribution is -2.36. The van der Waals surface area contributed by atoms with Gasteiger partial charge in [0.15, 0.2) is 0 Å². The van der Waals surface area contributed by atoms with E-state index < -0.39 is 17.4 Å². The maximum atomic E-state index is 10.1. The van der Waals surface area contributed by atoms with Crippen LogP contribution >= 0.6 is 0 Å². The second-order valence-corrected chi connectivity index (χ2v) is 7.18. The van der Waals surface area contributed by atoms with Gasteiger partial charge in [-0.1, -0.05) is 60.7 Å². The summed E-state index contributed by atoms with van der Waals surface area (Å²) in [6.07, 6.45) is 4.40. The van der Waals surface area contributed by atoms with Gasteiger partial charge in [-0.15, -0.1) is 0 Å². The van der Waals surface area contributed by atoms with E-state index in [4.69, 9.17) is 10.2 Å². The van der Waals surface area contributed by atoms with Crippen LogP contribution in [0.25, 0.3) is 0 Å². The van der Waals surface area contributed by atoms with Gasteiger partial charge in [-0.3, -0.25) is 0 Å². The topological polar surface area (TPSA) is 110 Å². The summed E-state index contributed by atoms with van der Waals surface area (Å²) < 4.78 is 0. The van der Waals surface area contributed by atoms with Gasteiger partial charge in [-0.25, -0.2) is 9.59 Å². The fourth-order valence-corrected chi connectivity index (χ4v) is 3.70. The Morgan fingerprint density at radius 2 is 1.50 bits per heavy atom. The summed E-state index contributed by atoms with van der Waals surface area (Å²) >= 11 is 0. The number of carbonyl (C=O) groups is 2. The lowest BCUT2D eigenvalue weighted by atomic mass is 9.69. The number of hydrogen-bond acceptors (Lipinski definition) is 4. The summed E-state index contributed by atoms with van der Waals surface area (Å²) in [5.74, 6) is -1.96. The highest BCUT2D eigenvalue weighted by Crippen LogP contribution is 2.39. The molecule has 3 rings (SSSR count). The van der Waals surface area contributed by atoms with Crippen LogP contribution in [0.5, 0.6) is 0 Å². The van der Waals surface area contributed by atoms with Crippen LogP contribution in [0.1, 0.15) is 30.4 Å². The van der Waals surface area contributed by atoms with Gasteiger partial charge in [0.05, 0.1) is 6.07 Å². The molecule has 2 aromatic rings. The molecule has 0 aliphatic carbocycles. The molecule has 1 saturated heterocycles. The SMILES string of the molecule is N#CC(CC1CCCNC1)(c1ccccc1)c1ccccc1.O=C(O)/C=C/C(=O)O. The van der Waals surface area contributed by atoms with E-state index >= 15 is 0 Å². The van der Waals surface area contributed by atoms with E-state index in [0.29, 0.717) is 18.1 Å². The van der Waals surface area contributed by atoms with Crippen LogP contribution in [0.15, 0.2) is 72.8 Å². The molecule has 1 heterocycles. The molecule has 1 aliphatic rings. The van der Waals surface area contributed by atoms with Crippen molar-refractivity contribution in [2.24, 2.45) is 5.92 Å². The standard InChI is InChI=1S/C20H22N2.C4H4O4/c21-16-20(18-9-3-1-4-10-18,19-11-5-2-6-12-19)14-17-8-7-13-22-15-17;5-3(6)1-2-4(7)8/h1-6,9-12,17,22H,7-8,13-15H2;1-2H,(H,5,6)(H,7,8)/b;2-1+. The van der Waals surface area contributed by atoms with Gasteiger partial charge in [0.25, 0.3) is 0 Å². The first-order valence-corrected chi connectivity index (χ1v) is 9.85. The van der Waals surface area contributed by atoms with Crippen LogP contribution in [-0.4, -0.2) is 35.2 Å². The number of nitrogens with zero attached hydrogens (tertiary/aromatic N) is 1. The number of carboxylic acids is 2. The molecule has 0 saturated carbocycles. The van der Waals surface area contributed by atoms with Crippen molar-refractivity contribution in [3.63, 3.8) is 0 Å². The molecule has 6 nitrogen and oxygen atoms in total. The van der Waals surface area contributed by atoms with Crippen molar-refractivity contribution >= 4 is 11.9 Å². The monoisotopic (exact) mass is 406 g/mol. The minimum absolute atomic E-state index is 0.549. The van der Waals surface area contributed by atoms with E-state index in [0.717, 1.165) is 30.6 Å². The van der Waals surface area contributed by atoms with Crippen LogP contribution in [0, 0.1) is 17.2 Å². The number of carboxylic acid groups (broad SMARTS) is 2. The Morgan fingerprint density at radius 3 is 1.87 bits per heavy atom. The van der Waals surface area contributed by atoms with Crippen molar-refractivity contribution in [2.45, 2.75) is 24.7 Å². The zero-order valence-corrected chi connectivity index (χ0v) is 16.7. The largest absolute Gasteiger partial charge is 0.478 e. The smallest absolute Gasteiger partial charge is 0.328 e. The fourth-order valence-electron chi connectivity index (χ4n) is 3.70. The third-order valence-corrected chi connectivity index (χ3v) is 5.09. The second kappa shape index (κ2) is 11.5. The molecule has 1 fully saturated rings. The van der Waals surface area contributed by atoms with Gasteiger partial charge in [0, 0.05) is 12.2 Å². The molecule has 30 heavy (non-hydrogen) atoms. The van der Waals surface area contributed by atoms with Crippen molar-refractivity contribution in [1.82, 2.24) is 5.32 Å². The summed E-state index contributed by atoms with van der Waals surface area (Å²) in [5.41, 5.74) is 1.66. The Hall–Kier alpha value is -3.43. The first-order chi connectivity index (χ1) is 14.5. The fraction of sp³-hybridized carbons (Fsp3) is 0.292. The Labute approximate surface area is 176 Å². The van der Waals surface area contributed by atoms with Crippen molar-refractivity contribution in [3.8, 4) is 6.07 Å². The third-order valence-electron chi connectivity index (χ3n) is 5.09. The highest BCUT2D eigenvalue weighted by atomic mass is 16.4. The predicted molar refractivity (Wildman–Crippen MR) is 114 cm³/mol. The lowest BCUT2D eigenvalue weighted by molar-refractivity contribution is -0.134. The number of piperidine rings is 1. The molecule has 0 spiro atoms. The van der Waals surface area contributed by atoms with Crippen LogP contribution in [-0.2, 0) is 15.0 Å². The molecule has 3 N–H and O–H groups in total. The quantitative estimate of drug-likeness (QED) is 0.632. The van der Waals surface area contributed by atoms with E-state index in [1.165, 1.54) is 12.8 Å². The Balaban J connectivity index is 0.000000343. The number of benzene rings is 2. The average Bonchev–Trinajstić information content (AvgIpc) is 2.78. The molecule has 1 unspecified atom stereocenters. The normalized spacial score (nSPS) is 16.2. The summed E-state index contributed by atoms with van der Waals surface area (Å²) in [5, 5.41) is 29.2. The van der Waals surface area contributed by atoms with Gasteiger partial charge in [0.1, 0.15) is 5.41 Å². The zero-order chi connectivity index (χ0) is 21.8. The van der Waals surface area contributed by atoms with Gasteiger partial charge >= 0.3 is 11.9 Å². The van der Waals surface area contributed by atoms with Crippen LogP contribution in [0.4, 0.5) is 0 Å². The summed E-state index contributed by atoms with van der Waals surface area (Å²) in [7, 11) is 0. The highest BCUT2D eigenvalue weighted by molar-refractivity contribution is 5.89. The molecule has 1 aliphatic heterocycles. The second-order valence-electron chi connectivity index (χ2n) is 7.18. The first-order valence-electron chi connectivity index (χ1n) is 9.85. The number of hydrogen-bond donors (Lipinski definition) is 3. The van der Waals surface area contributed by atoms with Crippen molar-refractivity contribution in [2.75, 3.05) is 13.1 Å². The number of nitrogens with one attached hydrogen (secondary N) is 1. The molecule has 6 heteroatoms. The molecule has 0 amide bonds. The molecular formula is C24H26N2O4. The highest BCUT2D eigenvalue weighted by Gasteiger charge is 2.37. The van der Waals surface area contributed by atoms with Gasteiger partial charge < -0.3 is 15.5 Å². The third kappa shape index (κ3) is 6.57. The molecule has 0 bridgehead atoms. The van der Waals surface area contributed by atoms with E-state index in [1.807, 2.05) is 36.4 Å². The minimum Gasteiger partial charge on any atom is -0.478 e. The van der Waals surface area contributed by atoms with Gasteiger partial charge in [-0.05, 0) is 49.4 Å². The molecule has 0 radical (unpaired) electrons. The summed E-state index contributed by atoms with van der Waals surface area (Å²) in [6, 6.07) is 23.2. The van der Waals surface area contributed by atoms with Gasteiger partial charge in [0.2, 0.25) is 0 Å². The van der Waals surface area contributed by atoms with Crippen molar-refractivity contribution in [1.29, 1.82) is 5.26 Å². The average molecular weight is 406 g/mol. The van der Waals surface area contributed by atoms with E-state index in [1.54, 1.807) is 0 Å². The summed E-state index contributed by atoms with van der Waals surface area (Å²) in [6.45, 7) is 2.12.